The second kappa shape index (κ2) is 12.5. The molecule has 2 amide bonds. The summed E-state index contributed by atoms with van der Waals surface area (Å²) in [5.74, 6) is 2.77. The molecule has 214 valence electrons. The maximum atomic E-state index is 13.4. The Morgan fingerprint density at radius 3 is 2.73 bits per heavy atom. The van der Waals surface area contributed by atoms with Crippen LogP contribution in [-0.2, 0) is 16.0 Å². The van der Waals surface area contributed by atoms with Crippen LogP contribution in [0.5, 0.6) is 5.75 Å². The van der Waals surface area contributed by atoms with Gasteiger partial charge in [0.1, 0.15) is 22.2 Å². The van der Waals surface area contributed by atoms with E-state index in [0.29, 0.717) is 52.0 Å². The molecule has 40 heavy (non-hydrogen) atoms. The molecule has 0 unspecified atom stereocenters. The third-order valence-corrected chi connectivity index (χ3v) is 9.62. The van der Waals surface area contributed by atoms with Gasteiger partial charge in [-0.1, -0.05) is 24.6 Å². The van der Waals surface area contributed by atoms with Gasteiger partial charge in [0, 0.05) is 37.5 Å². The number of rotatable bonds is 4. The van der Waals surface area contributed by atoms with E-state index in [4.69, 9.17) is 4.74 Å². The minimum absolute atomic E-state index is 0.126. The lowest BCUT2D eigenvalue weighted by Crippen LogP contribution is -2.50. The van der Waals surface area contributed by atoms with E-state index < -0.39 is 5.41 Å². The molecule has 4 heterocycles. The van der Waals surface area contributed by atoms with Crippen LogP contribution in [0.15, 0.2) is 24.3 Å². The van der Waals surface area contributed by atoms with Gasteiger partial charge in [-0.25, -0.2) is 9.97 Å². The minimum Gasteiger partial charge on any atom is -0.493 e. The number of fused-ring (bicyclic) bond motifs is 2. The van der Waals surface area contributed by atoms with Crippen molar-refractivity contribution in [2.45, 2.75) is 72.1 Å². The lowest BCUT2D eigenvalue weighted by atomic mass is 9.73. The molecule has 0 radical (unpaired) electrons. The molecule has 0 bridgehead atoms. The number of piperidine rings is 1. The number of aromatic nitrogens is 2. The van der Waals surface area contributed by atoms with Gasteiger partial charge in [0.25, 0.3) is 0 Å². The van der Waals surface area contributed by atoms with E-state index in [1.807, 2.05) is 24.0 Å². The monoisotopic (exact) mass is 563 g/mol. The van der Waals surface area contributed by atoms with Crippen LogP contribution in [0.3, 0.4) is 0 Å². The summed E-state index contributed by atoms with van der Waals surface area (Å²) in [7, 11) is 0. The summed E-state index contributed by atoms with van der Waals surface area (Å²) >= 11 is 1.68. The Kier molecular flexibility index (Phi) is 8.88. The SMILES string of the molecule is Cc1nc(NCCC(=O)N2CCC3(CCCCc4ccccc4OCCCNC3=O)CC2)c2c(C)c(C)sc2n1. The maximum Gasteiger partial charge on any atom is 0.226 e. The standard InChI is InChI=1S/C31H41N5O3S/c1-21-22(2)40-29-27(21)28(34-23(3)35-29)32-17-12-26(37)36-18-14-31(15-19-36)13-7-6-10-24-9-4-5-11-25(24)39-20-8-16-33-30(31)38/h4-5,9,11H,6-8,10,12-20H2,1-3H3,(H,33,38)(H,32,34,35). The van der Waals surface area contributed by atoms with E-state index in [1.54, 1.807) is 11.3 Å². The number of likely N-dealkylation sites (tertiary alicyclic amines) is 1. The van der Waals surface area contributed by atoms with E-state index in [-0.39, 0.29) is 11.8 Å². The lowest BCUT2D eigenvalue weighted by molar-refractivity contribution is -0.141. The highest BCUT2D eigenvalue weighted by Gasteiger charge is 2.41. The zero-order chi connectivity index (χ0) is 28.1. The topological polar surface area (TPSA) is 96.5 Å². The number of anilines is 1. The molecule has 8 nitrogen and oxygen atoms in total. The molecule has 0 atom stereocenters. The van der Waals surface area contributed by atoms with E-state index in [1.165, 1.54) is 16.0 Å². The van der Waals surface area contributed by atoms with Gasteiger partial charge in [0.05, 0.1) is 17.4 Å². The summed E-state index contributed by atoms with van der Waals surface area (Å²) in [6.07, 6.45) is 6.40. The number of thiophene rings is 1. The van der Waals surface area contributed by atoms with Crippen molar-refractivity contribution >= 4 is 39.2 Å². The largest absolute Gasteiger partial charge is 0.493 e. The Morgan fingerprint density at radius 1 is 1.10 bits per heavy atom. The fraction of sp³-hybridized carbons (Fsp3) is 0.548. The third-order valence-electron chi connectivity index (χ3n) is 8.52. The van der Waals surface area contributed by atoms with Gasteiger partial charge in [-0.2, -0.15) is 0 Å². The van der Waals surface area contributed by atoms with Gasteiger partial charge in [0.15, 0.2) is 0 Å². The van der Waals surface area contributed by atoms with Crippen LogP contribution in [0.1, 0.15) is 66.8 Å². The van der Waals surface area contributed by atoms with Gasteiger partial charge in [-0.05, 0) is 76.5 Å². The summed E-state index contributed by atoms with van der Waals surface area (Å²) in [5, 5.41) is 7.64. The molecule has 0 aliphatic carbocycles. The zero-order valence-corrected chi connectivity index (χ0v) is 24.8. The van der Waals surface area contributed by atoms with E-state index in [0.717, 1.165) is 59.7 Å². The van der Waals surface area contributed by atoms with Crippen molar-refractivity contribution in [3.05, 3.63) is 46.1 Å². The second-order valence-corrected chi connectivity index (χ2v) is 12.4. The van der Waals surface area contributed by atoms with Crippen LogP contribution in [-0.4, -0.2) is 59.5 Å². The number of amides is 2. The molecule has 1 aromatic carbocycles. The number of nitrogens with one attached hydrogen (secondary N) is 2. The molecule has 1 spiro atoms. The molecule has 1 fully saturated rings. The normalized spacial score (nSPS) is 18.2. The average molecular weight is 564 g/mol. The first-order chi connectivity index (χ1) is 19.4. The van der Waals surface area contributed by atoms with Crippen LogP contribution in [0, 0.1) is 26.2 Å². The molecular formula is C31H41N5O3S. The van der Waals surface area contributed by atoms with Gasteiger partial charge in [-0.3, -0.25) is 9.59 Å². The summed E-state index contributed by atoms with van der Waals surface area (Å²) in [6.45, 7) is 9.06. The number of para-hydroxylation sites is 1. The molecule has 2 aliphatic heterocycles. The number of ether oxygens (including phenoxy) is 1. The molecule has 9 heteroatoms. The van der Waals surface area contributed by atoms with E-state index in [2.05, 4.69) is 46.6 Å². The van der Waals surface area contributed by atoms with Crippen LogP contribution < -0.4 is 15.4 Å². The third kappa shape index (κ3) is 6.24. The number of hydrogen-bond donors (Lipinski definition) is 2. The predicted octanol–water partition coefficient (Wildman–Crippen LogP) is 5.34. The molecule has 2 aliphatic rings. The Hall–Kier alpha value is -3.20. The van der Waals surface area contributed by atoms with Crippen molar-refractivity contribution in [1.82, 2.24) is 20.2 Å². The van der Waals surface area contributed by atoms with Crippen molar-refractivity contribution < 1.29 is 14.3 Å². The lowest BCUT2D eigenvalue weighted by Gasteiger charge is -2.41. The number of aryl methyl sites for hydroxylation is 4. The summed E-state index contributed by atoms with van der Waals surface area (Å²) < 4.78 is 6.00. The average Bonchev–Trinajstić information content (AvgIpc) is 3.24. The quantitative estimate of drug-likeness (QED) is 0.445. The molecular weight excluding hydrogens is 522 g/mol. The first kappa shape index (κ1) is 28.3. The first-order valence-corrected chi connectivity index (χ1v) is 15.4. The highest BCUT2D eigenvalue weighted by Crippen LogP contribution is 2.38. The van der Waals surface area contributed by atoms with Gasteiger partial charge < -0.3 is 20.3 Å². The predicted molar refractivity (Wildman–Crippen MR) is 160 cm³/mol. The number of carbonyl (C=O) groups excluding carboxylic acids is 2. The van der Waals surface area contributed by atoms with E-state index >= 15 is 0 Å². The zero-order valence-electron chi connectivity index (χ0n) is 24.0. The van der Waals surface area contributed by atoms with Crippen LogP contribution in [0.2, 0.25) is 0 Å². The van der Waals surface area contributed by atoms with Gasteiger partial charge in [-0.15, -0.1) is 11.3 Å². The number of hydrogen-bond acceptors (Lipinski definition) is 7. The Balaban J connectivity index is 1.16. The minimum atomic E-state index is -0.401. The van der Waals surface area contributed by atoms with Crippen molar-refractivity contribution in [2.75, 3.05) is 38.1 Å². The summed E-state index contributed by atoms with van der Waals surface area (Å²) in [6, 6.07) is 8.26. The molecule has 3 aromatic rings. The Morgan fingerprint density at radius 2 is 1.90 bits per heavy atom. The summed E-state index contributed by atoms with van der Waals surface area (Å²) in [5.41, 5.74) is 2.03. The molecule has 2 aromatic heterocycles. The van der Waals surface area contributed by atoms with Crippen LogP contribution in [0.4, 0.5) is 5.82 Å². The fourth-order valence-corrected chi connectivity index (χ4v) is 7.05. The highest BCUT2D eigenvalue weighted by molar-refractivity contribution is 7.18. The number of benzene rings is 1. The maximum absolute atomic E-state index is 13.4. The Bertz CT molecular complexity index is 1360. The highest BCUT2D eigenvalue weighted by atomic mass is 32.1. The molecule has 5 rings (SSSR count). The Labute approximate surface area is 240 Å². The van der Waals surface area contributed by atoms with Crippen molar-refractivity contribution in [2.24, 2.45) is 5.41 Å². The van der Waals surface area contributed by atoms with Crippen LogP contribution in [0.25, 0.3) is 10.2 Å². The van der Waals surface area contributed by atoms with Gasteiger partial charge in [0.2, 0.25) is 11.8 Å². The summed E-state index contributed by atoms with van der Waals surface area (Å²) in [4.78, 5) is 39.9. The smallest absolute Gasteiger partial charge is 0.226 e. The van der Waals surface area contributed by atoms with Crippen molar-refractivity contribution in [1.29, 1.82) is 0 Å². The molecule has 1 saturated heterocycles. The number of carbonyl (C=O) groups is 2. The first-order valence-electron chi connectivity index (χ1n) is 14.6. The van der Waals surface area contributed by atoms with Gasteiger partial charge >= 0.3 is 0 Å². The van der Waals surface area contributed by atoms with Crippen LogP contribution >= 0.6 is 11.3 Å². The van der Waals surface area contributed by atoms with Crippen molar-refractivity contribution in [3.63, 3.8) is 0 Å². The molecule has 0 saturated carbocycles. The second-order valence-electron chi connectivity index (χ2n) is 11.2. The molecule has 2 N–H and O–H groups in total. The van der Waals surface area contributed by atoms with Crippen molar-refractivity contribution in [3.8, 4) is 5.75 Å². The van der Waals surface area contributed by atoms with E-state index in [9.17, 15) is 9.59 Å². The fourth-order valence-electron chi connectivity index (χ4n) is 5.98. The number of nitrogens with zero attached hydrogens (tertiary/aromatic N) is 3.